The van der Waals surface area contributed by atoms with Gasteiger partial charge < -0.3 is 4.74 Å². The molecule has 0 saturated heterocycles. The Balaban J connectivity index is 2.02. The second-order valence-corrected chi connectivity index (χ2v) is 6.58. The van der Waals surface area contributed by atoms with Crippen LogP contribution in [0.25, 0.3) is 0 Å². The van der Waals surface area contributed by atoms with Crippen molar-refractivity contribution < 1.29 is 22.3 Å². The molecule has 3 aromatic rings. The molecule has 1 heterocycles. The van der Waals surface area contributed by atoms with Crippen molar-refractivity contribution in [1.82, 2.24) is 9.55 Å². The first kappa shape index (κ1) is 21.3. The molecule has 3 rings (SSSR count). The topological polar surface area (TPSA) is 44.1 Å². The number of nitrogens with zero attached hydrogens (tertiary/aromatic N) is 2. The molecule has 0 spiro atoms. The molecule has 0 aliphatic carbocycles. The summed E-state index contributed by atoms with van der Waals surface area (Å²) < 4.78 is 61.3. The van der Waals surface area contributed by atoms with Crippen LogP contribution in [0.5, 0.6) is 5.88 Å². The molecule has 0 radical (unpaired) electrons. The van der Waals surface area contributed by atoms with Gasteiger partial charge in [0.25, 0.3) is 5.56 Å². The van der Waals surface area contributed by atoms with E-state index in [0.717, 1.165) is 12.1 Å². The van der Waals surface area contributed by atoms with Crippen molar-refractivity contribution in [2.75, 3.05) is 0 Å². The zero-order valence-corrected chi connectivity index (χ0v) is 16.1. The highest BCUT2D eigenvalue weighted by Crippen LogP contribution is 2.21. The first-order chi connectivity index (χ1) is 14.3. The Bertz CT molecular complexity index is 1160. The molecule has 0 N–H and O–H groups in total. The van der Waals surface area contributed by atoms with Crippen molar-refractivity contribution >= 4 is 0 Å². The van der Waals surface area contributed by atoms with Gasteiger partial charge >= 0.3 is 0 Å². The molecule has 0 unspecified atom stereocenters. The van der Waals surface area contributed by atoms with Crippen molar-refractivity contribution in [2.24, 2.45) is 0 Å². The average Bonchev–Trinajstić information content (AvgIpc) is 2.68. The largest absolute Gasteiger partial charge is 0.472 e. The number of aromatic nitrogens is 2. The van der Waals surface area contributed by atoms with E-state index in [-0.39, 0.29) is 42.1 Å². The van der Waals surface area contributed by atoms with Crippen molar-refractivity contribution in [3.05, 3.63) is 105 Å². The second kappa shape index (κ2) is 8.94. The van der Waals surface area contributed by atoms with E-state index in [9.17, 15) is 22.4 Å². The Hall–Kier alpha value is -3.42. The van der Waals surface area contributed by atoms with Gasteiger partial charge in [-0.3, -0.25) is 9.36 Å². The van der Waals surface area contributed by atoms with Crippen molar-refractivity contribution in [2.45, 2.75) is 26.5 Å². The highest BCUT2D eigenvalue weighted by Gasteiger charge is 2.19. The standard InChI is InChI=1S/C22H18F4N2O2/c1-3-8-28-13(2)27-21(30-12-15-5-7-17(24)11-20(15)26)18(22(28)29)9-14-4-6-16(23)10-19(14)25/h3-7,10-11H,1,8-9,12H2,2H3. The molecule has 0 aliphatic heterocycles. The molecule has 0 amide bonds. The van der Waals surface area contributed by atoms with Crippen molar-refractivity contribution in [3.8, 4) is 5.88 Å². The number of benzene rings is 2. The van der Waals surface area contributed by atoms with E-state index < -0.39 is 28.8 Å². The zero-order chi connectivity index (χ0) is 21.8. The van der Waals surface area contributed by atoms with Gasteiger partial charge in [0.2, 0.25) is 5.88 Å². The van der Waals surface area contributed by atoms with Crippen LogP contribution in [0.3, 0.4) is 0 Å². The van der Waals surface area contributed by atoms with Gasteiger partial charge in [0.15, 0.2) is 0 Å². The lowest BCUT2D eigenvalue weighted by Gasteiger charge is -2.15. The van der Waals surface area contributed by atoms with Crippen LogP contribution in [0.2, 0.25) is 0 Å². The number of rotatable bonds is 7. The maximum absolute atomic E-state index is 14.2. The number of ether oxygens (including phenoxy) is 1. The Labute approximate surface area is 170 Å². The van der Waals surface area contributed by atoms with Crippen molar-refractivity contribution in [3.63, 3.8) is 0 Å². The van der Waals surface area contributed by atoms with Gasteiger partial charge in [-0.2, -0.15) is 4.98 Å². The summed E-state index contributed by atoms with van der Waals surface area (Å²) in [6.07, 6.45) is 1.30. The normalized spacial score (nSPS) is 10.8. The summed E-state index contributed by atoms with van der Waals surface area (Å²) in [4.78, 5) is 17.2. The second-order valence-electron chi connectivity index (χ2n) is 6.58. The number of aryl methyl sites for hydroxylation is 1. The van der Waals surface area contributed by atoms with Crippen molar-refractivity contribution in [1.29, 1.82) is 0 Å². The third-order valence-corrected chi connectivity index (χ3v) is 4.49. The molecule has 156 valence electrons. The third-order valence-electron chi connectivity index (χ3n) is 4.49. The lowest BCUT2D eigenvalue weighted by Crippen LogP contribution is -2.28. The molecule has 4 nitrogen and oxygen atoms in total. The summed E-state index contributed by atoms with van der Waals surface area (Å²) in [5.41, 5.74) is -0.330. The quantitative estimate of drug-likeness (QED) is 0.420. The Kier molecular flexibility index (Phi) is 6.34. The van der Waals surface area contributed by atoms with Gasteiger partial charge in [-0.25, -0.2) is 17.6 Å². The molecule has 2 aromatic carbocycles. The Morgan fingerprint density at radius 1 is 1.03 bits per heavy atom. The maximum Gasteiger partial charge on any atom is 0.261 e. The van der Waals surface area contributed by atoms with Crippen LogP contribution < -0.4 is 10.3 Å². The highest BCUT2D eigenvalue weighted by atomic mass is 19.1. The number of hydrogen-bond donors (Lipinski definition) is 0. The van der Waals surface area contributed by atoms with Gasteiger partial charge in [0.05, 0.1) is 5.56 Å². The zero-order valence-electron chi connectivity index (χ0n) is 16.1. The third kappa shape index (κ3) is 4.59. The minimum Gasteiger partial charge on any atom is -0.472 e. The van der Waals surface area contributed by atoms with E-state index in [4.69, 9.17) is 4.74 Å². The monoisotopic (exact) mass is 418 g/mol. The molecule has 0 bridgehead atoms. The lowest BCUT2D eigenvalue weighted by atomic mass is 10.1. The molecule has 8 heteroatoms. The Morgan fingerprint density at radius 2 is 1.63 bits per heavy atom. The average molecular weight is 418 g/mol. The number of halogens is 4. The van der Waals surface area contributed by atoms with E-state index in [2.05, 4.69) is 11.6 Å². The molecule has 0 fully saturated rings. The van der Waals surface area contributed by atoms with Gasteiger partial charge in [0.1, 0.15) is 35.7 Å². The SMILES string of the molecule is C=CCn1c(C)nc(OCc2ccc(F)cc2F)c(Cc2ccc(F)cc2F)c1=O. The van der Waals surface area contributed by atoms with Gasteiger partial charge in [-0.15, -0.1) is 6.58 Å². The lowest BCUT2D eigenvalue weighted by molar-refractivity contribution is 0.281. The molecule has 1 aromatic heterocycles. The predicted molar refractivity (Wildman–Crippen MR) is 103 cm³/mol. The first-order valence-electron chi connectivity index (χ1n) is 9.02. The molecule has 0 saturated carbocycles. The van der Waals surface area contributed by atoms with Crippen LogP contribution in [-0.4, -0.2) is 9.55 Å². The van der Waals surface area contributed by atoms with Gasteiger partial charge in [0, 0.05) is 30.7 Å². The van der Waals surface area contributed by atoms with Gasteiger partial charge in [-0.1, -0.05) is 12.1 Å². The minimum absolute atomic E-state index is 0.0236. The van der Waals surface area contributed by atoms with E-state index in [1.54, 1.807) is 6.92 Å². The summed E-state index contributed by atoms with van der Waals surface area (Å²) in [7, 11) is 0. The molecule has 0 aliphatic rings. The van der Waals surface area contributed by atoms with E-state index in [1.807, 2.05) is 0 Å². The molecular weight excluding hydrogens is 400 g/mol. The van der Waals surface area contributed by atoms with Crippen LogP contribution in [-0.2, 0) is 19.6 Å². The molecular formula is C22H18F4N2O2. The summed E-state index contributed by atoms with van der Waals surface area (Å²) in [6, 6.07) is 6.04. The molecule has 30 heavy (non-hydrogen) atoms. The smallest absolute Gasteiger partial charge is 0.261 e. The van der Waals surface area contributed by atoms with Crippen LogP contribution in [0, 0.1) is 30.2 Å². The molecule has 0 atom stereocenters. The predicted octanol–water partition coefficient (Wildman–Crippen LogP) is 4.46. The fraction of sp³-hybridized carbons (Fsp3) is 0.182. The van der Waals surface area contributed by atoms with Crippen LogP contribution >= 0.6 is 0 Å². The fourth-order valence-corrected chi connectivity index (χ4v) is 2.93. The van der Waals surface area contributed by atoms with Crippen LogP contribution in [0.1, 0.15) is 22.5 Å². The van der Waals surface area contributed by atoms with E-state index in [1.165, 1.54) is 22.8 Å². The fourth-order valence-electron chi connectivity index (χ4n) is 2.93. The van der Waals surface area contributed by atoms with Crippen LogP contribution in [0.15, 0.2) is 53.8 Å². The summed E-state index contributed by atoms with van der Waals surface area (Å²) in [6.45, 7) is 5.03. The van der Waals surface area contributed by atoms with E-state index >= 15 is 0 Å². The highest BCUT2D eigenvalue weighted by molar-refractivity contribution is 5.33. The summed E-state index contributed by atoms with van der Waals surface area (Å²) in [5.74, 6) is -2.89. The summed E-state index contributed by atoms with van der Waals surface area (Å²) >= 11 is 0. The minimum atomic E-state index is -0.819. The first-order valence-corrected chi connectivity index (χ1v) is 9.02. The number of hydrogen-bond acceptors (Lipinski definition) is 3. The number of allylic oxidation sites excluding steroid dienone is 1. The van der Waals surface area contributed by atoms with Gasteiger partial charge in [-0.05, 0) is 30.7 Å². The van der Waals surface area contributed by atoms with Crippen LogP contribution in [0.4, 0.5) is 17.6 Å². The summed E-state index contributed by atoms with van der Waals surface area (Å²) in [5, 5.41) is 0. The maximum atomic E-state index is 14.2. The van der Waals surface area contributed by atoms with E-state index in [0.29, 0.717) is 18.0 Å². The Morgan fingerprint density at radius 3 is 2.20 bits per heavy atom.